The highest BCUT2D eigenvalue weighted by Gasteiger charge is 2.22. The van der Waals surface area contributed by atoms with Crippen LogP contribution < -0.4 is 10.2 Å². The highest BCUT2D eigenvalue weighted by Crippen LogP contribution is 2.31. The van der Waals surface area contributed by atoms with Crippen LogP contribution in [0.4, 0.5) is 0 Å². The fourth-order valence-electron chi connectivity index (χ4n) is 2.67. The largest absolute Gasteiger partial charge is 0.341 e. The molecule has 1 N–H and O–H groups in total. The topological polar surface area (TPSA) is 50.8 Å². The third-order valence-electron chi connectivity index (χ3n) is 3.73. The molecule has 0 fully saturated rings. The van der Waals surface area contributed by atoms with Crippen molar-refractivity contribution in [2.45, 2.75) is 19.4 Å². The quantitative estimate of drug-likeness (QED) is 0.830. The number of carbonyl (C=O) groups excluding carboxylic acids is 1. The van der Waals surface area contributed by atoms with E-state index < -0.39 is 0 Å². The molecule has 2 heterocycles. The fraction of sp³-hybridized carbons (Fsp3) is 0.500. The van der Waals surface area contributed by atoms with Gasteiger partial charge in [0.2, 0.25) is 5.91 Å². The molecule has 2 aliphatic heterocycles. The number of fused-ring (bicyclic) bond motifs is 2. The Bertz CT molecular complexity index is 472. The molecule has 1 aromatic rings. The van der Waals surface area contributed by atoms with Crippen LogP contribution in [-0.4, -0.2) is 37.5 Å². The molecule has 0 saturated heterocycles. The number of rotatable bonds is 2. The first kappa shape index (κ1) is 15.1. The molecule has 0 aromatic heterocycles. The van der Waals surface area contributed by atoms with E-state index in [9.17, 15) is 4.79 Å². The molecule has 3 rings (SSSR count). The standard InChI is InChI=1S/C14H18N2O3.ClH/c1-15-8-14(17)16-4-2-10-6-12-9-18-19-13(12)7-11(10)3-5-16;/h6-7,15H,2-5,8-9H2,1H3;1H. The van der Waals surface area contributed by atoms with Crippen LogP contribution >= 0.6 is 12.4 Å². The number of hydrogen-bond acceptors (Lipinski definition) is 4. The minimum Gasteiger partial charge on any atom is -0.341 e. The maximum Gasteiger partial charge on any atom is 0.236 e. The molecule has 110 valence electrons. The monoisotopic (exact) mass is 298 g/mol. The van der Waals surface area contributed by atoms with E-state index in [2.05, 4.69) is 17.4 Å². The molecule has 0 atom stereocenters. The van der Waals surface area contributed by atoms with Gasteiger partial charge in [-0.1, -0.05) is 0 Å². The van der Waals surface area contributed by atoms with Gasteiger partial charge in [-0.25, -0.2) is 0 Å². The lowest BCUT2D eigenvalue weighted by atomic mass is 10.00. The minimum absolute atomic E-state index is 0. The summed E-state index contributed by atoms with van der Waals surface area (Å²) in [5.74, 6) is 0.996. The van der Waals surface area contributed by atoms with Crippen molar-refractivity contribution in [2.24, 2.45) is 0 Å². The van der Waals surface area contributed by atoms with Gasteiger partial charge in [0.25, 0.3) is 0 Å². The van der Waals surface area contributed by atoms with E-state index in [0.717, 1.165) is 37.2 Å². The van der Waals surface area contributed by atoms with Crippen LogP contribution in [0, 0.1) is 0 Å². The van der Waals surface area contributed by atoms with Crippen molar-refractivity contribution in [2.75, 3.05) is 26.7 Å². The zero-order chi connectivity index (χ0) is 13.2. The van der Waals surface area contributed by atoms with Crippen LogP contribution in [0.15, 0.2) is 12.1 Å². The maximum atomic E-state index is 11.9. The van der Waals surface area contributed by atoms with Crippen molar-refractivity contribution in [1.82, 2.24) is 10.2 Å². The van der Waals surface area contributed by atoms with E-state index in [4.69, 9.17) is 9.78 Å². The van der Waals surface area contributed by atoms with Crippen LogP contribution in [0.1, 0.15) is 16.7 Å². The third kappa shape index (κ3) is 2.90. The lowest BCUT2D eigenvalue weighted by Crippen LogP contribution is -2.38. The second kappa shape index (κ2) is 6.43. The average molecular weight is 299 g/mol. The van der Waals surface area contributed by atoms with Crippen molar-refractivity contribution in [3.8, 4) is 5.75 Å². The van der Waals surface area contributed by atoms with Gasteiger partial charge in [0.1, 0.15) is 6.61 Å². The summed E-state index contributed by atoms with van der Waals surface area (Å²) in [4.78, 5) is 24.0. The number of hydrogen-bond donors (Lipinski definition) is 1. The van der Waals surface area contributed by atoms with Crippen molar-refractivity contribution in [3.05, 3.63) is 28.8 Å². The van der Waals surface area contributed by atoms with Crippen molar-refractivity contribution in [1.29, 1.82) is 0 Å². The Hall–Kier alpha value is -1.30. The van der Waals surface area contributed by atoms with Gasteiger partial charge in [0, 0.05) is 18.7 Å². The number of nitrogens with one attached hydrogen (secondary N) is 1. The molecule has 6 heteroatoms. The second-order valence-corrected chi connectivity index (χ2v) is 4.99. The first-order chi connectivity index (χ1) is 9.28. The zero-order valence-electron chi connectivity index (χ0n) is 11.5. The molecule has 0 bridgehead atoms. The average Bonchev–Trinajstić information content (AvgIpc) is 2.75. The smallest absolute Gasteiger partial charge is 0.236 e. The Morgan fingerprint density at radius 3 is 2.65 bits per heavy atom. The van der Waals surface area contributed by atoms with Gasteiger partial charge < -0.3 is 15.1 Å². The molecule has 1 amide bonds. The van der Waals surface area contributed by atoms with Gasteiger partial charge in [-0.05, 0) is 43.1 Å². The number of benzene rings is 1. The Labute approximate surface area is 124 Å². The van der Waals surface area contributed by atoms with Crippen LogP contribution in [0.2, 0.25) is 0 Å². The van der Waals surface area contributed by atoms with Crippen molar-refractivity contribution >= 4 is 18.3 Å². The van der Waals surface area contributed by atoms with Gasteiger partial charge in [-0.15, -0.1) is 12.4 Å². The minimum atomic E-state index is 0. The first-order valence-corrected chi connectivity index (χ1v) is 6.64. The molecule has 20 heavy (non-hydrogen) atoms. The maximum absolute atomic E-state index is 11.9. The summed E-state index contributed by atoms with van der Waals surface area (Å²) in [5, 5.41) is 2.92. The number of likely N-dealkylation sites (N-methyl/N-ethyl adjacent to an activating group) is 1. The number of amides is 1. The zero-order valence-corrected chi connectivity index (χ0v) is 12.3. The van der Waals surface area contributed by atoms with Crippen LogP contribution in [0.25, 0.3) is 0 Å². The molecule has 0 spiro atoms. The summed E-state index contributed by atoms with van der Waals surface area (Å²) in [6.45, 7) is 2.48. The molecule has 0 radical (unpaired) electrons. The summed E-state index contributed by atoms with van der Waals surface area (Å²) in [6, 6.07) is 4.22. The molecular formula is C14H19ClN2O3. The summed E-state index contributed by atoms with van der Waals surface area (Å²) >= 11 is 0. The Kier molecular flexibility index (Phi) is 4.86. The summed E-state index contributed by atoms with van der Waals surface area (Å²) < 4.78 is 0. The van der Waals surface area contributed by atoms with E-state index >= 15 is 0 Å². The molecule has 0 aliphatic carbocycles. The van der Waals surface area contributed by atoms with E-state index in [-0.39, 0.29) is 18.3 Å². The van der Waals surface area contributed by atoms with Crippen LogP contribution in [0.3, 0.4) is 0 Å². The normalized spacial score (nSPS) is 16.6. The van der Waals surface area contributed by atoms with E-state index in [1.54, 1.807) is 7.05 Å². The molecular weight excluding hydrogens is 280 g/mol. The number of carbonyl (C=O) groups is 1. The molecule has 5 nitrogen and oxygen atoms in total. The van der Waals surface area contributed by atoms with Crippen LogP contribution in [-0.2, 0) is 29.1 Å². The lowest BCUT2D eigenvalue weighted by Gasteiger charge is -2.19. The predicted molar refractivity (Wildman–Crippen MR) is 77.0 cm³/mol. The lowest BCUT2D eigenvalue weighted by molar-refractivity contribution is -0.194. The fourth-order valence-corrected chi connectivity index (χ4v) is 2.67. The molecule has 1 aromatic carbocycles. The molecule has 0 saturated carbocycles. The molecule has 0 unspecified atom stereocenters. The van der Waals surface area contributed by atoms with Crippen molar-refractivity contribution < 1.29 is 14.6 Å². The second-order valence-electron chi connectivity index (χ2n) is 4.99. The Balaban J connectivity index is 0.00000147. The first-order valence-electron chi connectivity index (χ1n) is 6.64. The summed E-state index contributed by atoms with van der Waals surface area (Å²) in [5.41, 5.74) is 3.69. The van der Waals surface area contributed by atoms with E-state index in [1.807, 2.05) is 4.90 Å². The Morgan fingerprint density at radius 1 is 1.25 bits per heavy atom. The molecule has 2 aliphatic rings. The van der Waals surface area contributed by atoms with Gasteiger partial charge in [-0.2, -0.15) is 4.89 Å². The summed E-state index contributed by atoms with van der Waals surface area (Å²) in [7, 11) is 1.80. The number of nitrogens with zero attached hydrogens (tertiary/aromatic N) is 1. The number of halogens is 1. The van der Waals surface area contributed by atoms with Gasteiger partial charge >= 0.3 is 0 Å². The highest BCUT2D eigenvalue weighted by molar-refractivity contribution is 5.85. The van der Waals surface area contributed by atoms with Gasteiger partial charge in [0.05, 0.1) is 6.54 Å². The third-order valence-corrected chi connectivity index (χ3v) is 3.73. The van der Waals surface area contributed by atoms with E-state index in [1.165, 1.54) is 11.1 Å². The summed E-state index contributed by atoms with van der Waals surface area (Å²) in [6.07, 6.45) is 1.78. The van der Waals surface area contributed by atoms with Gasteiger partial charge in [0.15, 0.2) is 5.75 Å². The van der Waals surface area contributed by atoms with Gasteiger partial charge in [-0.3, -0.25) is 4.79 Å². The van der Waals surface area contributed by atoms with Crippen LogP contribution in [0.5, 0.6) is 5.75 Å². The Morgan fingerprint density at radius 2 is 1.95 bits per heavy atom. The highest BCUT2D eigenvalue weighted by atomic mass is 35.5. The van der Waals surface area contributed by atoms with Crippen molar-refractivity contribution in [3.63, 3.8) is 0 Å². The predicted octanol–water partition coefficient (Wildman–Crippen LogP) is 1.08. The SMILES string of the molecule is CNCC(=O)N1CCc2cc3c(cc2CC1)OOC3.Cl. The van der Waals surface area contributed by atoms with E-state index in [0.29, 0.717) is 13.2 Å².